The molecule has 4 nitrogen and oxygen atoms in total. The second-order valence-electron chi connectivity index (χ2n) is 4.79. The smallest absolute Gasteiger partial charge is 0.161 e. The summed E-state index contributed by atoms with van der Waals surface area (Å²) in [6.45, 7) is 2.18. The van der Waals surface area contributed by atoms with Crippen LogP contribution < -0.4 is 14.8 Å². The molecule has 0 spiro atoms. The molecular weight excluding hydrogens is 284 g/mol. The molecule has 21 heavy (non-hydrogen) atoms. The Morgan fingerprint density at radius 1 is 1.24 bits per heavy atom. The van der Waals surface area contributed by atoms with Crippen molar-refractivity contribution in [2.45, 2.75) is 19.4 Å². The molecule has 1 atom stereocenters. The van der Waals surface area contributed by atoms with E-state index >= 15 is 0 Å². The third-order valence-corrected chi connectivity index (χ3v) is 4.21. The number of aromatic nitrogens is 1. The normalized spacial score (nSPS) is 12.2. The van der Waals surface area contributed by atoms with Crippen LogP contribution in [-0.2, 0) is 0 Å². The van der Waals surface area contributed by atoms with Gasteiger partial charge >= 0.3 is 0 Å². The molecule has 2 aromatic rings. The Morgan fingerprint density at radius 3 is 2.57 bits per heavy atom. The van der Waals surface area contributed by atoms with E-state index in [0.29, 0.717) is 6.04 Å². The number of hydrogen-bond acceptors (Lipinski definition) is 5. The zero-order chi connectivity index (χ0) is 15.2. The first kappa shape index (κ1) is 15.8. The van der Waals surface area contributed by atoms with Crippen LogP contribution in [0, 0.1) is 0 Å². The molecule has 0 aliphatic carbocycles. The van der Waals surface area contributed by atoms with Crippen LogP contribution in [0.25, 0.3) is 10.8 Å². The number of pyridine rings is 1. The van der Waals surface area contributed by atoms with Gasteiger partial charge in [-0.1, -0.05) is 6.92 Å². The van der Waals surface area contributed by atoms with Crippen LogP contribution in [0.4, 0.5) is 5.82 Å². The minimum absolute atomic E-state index is 0.409. The van der Waals surface area contributed by atoms with E-state index in [-0.39, 0.29) is 0 Å². The maximum Gasteiger partial charge on any atom is 0.161 e. The third-order valence-electron chi connectivity index (χ3n) is 3.47. The Hall–Kier alpha value is -1.62. The summed E-state index contributed by atoms with van der Waals surface area (Å²) >= 11 is 1.84. The lowest BCUT2D eigenvalue weighted by molar-refractivity contribution is 0.356. The minimum Gasteiger partial charge on any atom is -0.493 e. The molecule has 0 amide bonds. The van der Waals surface area contributed by atoms with Gasteiger partial charge in [-0.25, -0.2) is 4.98 Å². The van der Waals surface area contributed by atoms with E-state index in [0.717, 1.165) is 40.3 Å². The molecule has 0 radical (unpaired) electrons. The summed E-state index contributed by atoms with van der Waals surface area (Å²) in [6.07, 6.45) is 5.00. The summed E-state index contributed by atoms with van der Waals surface area (Å²) in [7, 11) is 3.30. The van der Waals surface area contributed by atoms with Gasteiger partial charge in [-0.05, 0) is 36.3 Å². The average Bonchev–Trinajstić information content (AvgIpc) is 2.53. The molecule has 1 heterocycles. The molecule has 1 aromatic heterocycles. The minimum atomic E-state index is 0.409. The van der Waals surface area contributed by atoms with Crippen LogP contribution in [0.1, 0.15) is 13.3 Å². The molecular formula is C16H22N2O2S. The molecule has 2 rings (SSSR count). The molecule has 5 heteroatoms. The van der Waals surface area contributed by atoms with Crippen molar-refractivity contribution in [2.24, 2.45) is 0 Å². The number of ether oxygens (including phenoxy) is 2. The highest BCUT2D eigenvalue weighted by Gasteiger charge is 2.12. The van der Waals surface area contributed by atoms with E-state index in [9.17, 15) is 0 Å². The zero-order valence-corrected chi connectivity index (χ0v) is 13.8. The van der Waals surface area contributed by atoms with Crippen LogP contribution in [0.15, 0.2) is 24.4 Å². The second kappa shape index (κ2) is 7.41. The summed E-state index contributed by atoms with van der Waals surface area (Å²) in [5.41, 5.74) is 0. The number of nitrogens with zero attached hydrogens (tertiary/aromatic N) is 1. The van der Waals surface area contributed by atoms with Gasteiger partial charge in [0.05, 0.1) is 14.2 Å². The number of thioether (sulfide) groups is 1. The lowest BCUT2D eigenvalue weighted by atomic mass is 10.1. The Balaban J connectivity index is 2.44. The van der Waals surface area contributed by atoms with Gasteiger partial charge < -0.3 is 14.8 Å². The first-order valence-electron chi connectivity index (χ1n) is 6.99. The fraction of sp³-hybridized carbons (Fsp3) is 0.438. The Morgan fingerprint density at radius 2 is 1.95 bits per heavy atom. The predicted molar refractivity (Wildman–Crippen MR) is 90.9 cm³/mol. The highest BCUT2D eigenvalue weighted by atomic mass is 32.2. The van der Waals surface area contributed by atoms with E-state index in [1.54, 1.807) is 14.2 Å². The van der Waals surface area contributed by atoms with Crippen LogP contribution in [-0.4, -0.2) is 37.3 Å². The summed E-state index contributed by atoms with van der Waals surface area (Å²) in [5, 5.41) is 5.67. The maximum absolute atomic E-state index is 5.39. The summed E-state index contributed by atoms with van der Waals surface area (Å²) in [5.74, 6) is 3.41. The highest BCUT2D eigenvalue weighted by Crippen LogP contribution is 2.34. The van der Waals surface area contributed by atoms with E-state index in [2.05, 4.69) is 23.5 Å². The van der Waals surface area contributed by atoms with Crippen molar-refractivity contribution >= 4 is 28.4 Å². The van der Waals surface area contributed by atoms with Crippen molar-refractivity contribution in [3.05, 3.63) is 24.4 Å². The molecule has 0 saturated heterocycles. The molecule has 0 saturated carbocycles. The molecule has 0 aliphatic rings. The van der Waals surface area contributed by atoms with Gasteiger partial charge in [0.25, 0.3) is 0 Å². The predicted octanol–water partition coefficient (Wildman–Crippen LogP) is 3.81. The molecule has 114 valence electrons. The highest BCUT2D eigenvalue weighted by molar-refractivity contribution is 7.98. The largest absolute Gasteiger partial charge is 0.493 e. The van der Waals surface area contributed by atoms with Crippen molar-refractivity contribution in [2.75, 3.05) is 31.5 Å². The molecule has 1 unspecified atom stereocenters. The average molecular weight is 306 g/mol. The van der Waals surface area contributed by atoms with Crippen LogP contribution >= 0.6 is 11.8 Å². The zero-order valence-electron chi connectivity index (χ0n) is 13.0. The second-order valence-corrected chi connectivity index (χ2v) is 5.70. The van der Waals surface area contributed by atoms with Crippen LogP contribution in [0.3, 0.4) is 0 Å². The molecule has 1 N–H and O–H groups in total. The number of rotatable bonds is 7. The first-order chi connectivity index (χ1) is 10.2. The third kappa shape index (κ3) is 3.53. The standard InChI is InChI=1S/C16H22N2O2S/c1-5-12(10-21-4)18-16-13-9-15(20-3)14(19-2)8-11(13)6-7-17-16/h6-9,12H,5,10H2,1-4H3,(H,17,18). The fourth-order valence-electron chi connectivity index (χ4n) is 2.27. The SMILES string of the molecule is CCC(CSC)Nc1nccc2cc(OC)c(OC)cc12. The maximum atomic E-state index is 5.39. The molecule has 0 fully saturated rings. The van der Waals surface area contributed by atoms with Gasteiger partial charge in [-0.3, -0.25) is 0 Å². The number of methoxy groups -OCH3 is 2. The number of anilines is 1. The van der Waals surface area contributed by atoms with E-state index in [1.165, 1.54) is 0 Å². The Bertz CT molecular complexity index is 604. The van der Waals surface area contributed by atoms with Crippen molar-refractivity contribution in [3.63, 3.8) is 0 Å². The lowest BCUT2D eigenvalue weighted by Crippen LogP contribution is -2.21. The molecule has 1 aromatic carbocycles. The van der Waals surface area contributed by atoms with Crippen LogP contribution in [0.2, 0.25) is 0 Å². The number of hydrogen-bond donors (Lipinski definition) is 1. The van der Waals surface area contributed by atoms with E-state index < -0.39 is 0 Å². The number of benzene rings is 1. The number of nitrogens with one attached hydrogen (secondary N) is 1. The van der Waals surface area contributed by atoms with Crippen molar-refractivity contribution in [1.82, 2.24) is 4.98 Å². The topological polar surface area (TPSA) is 43.4 Å². The number of fused-ring (bicyclic) bond motifs is 1. The quantitative estimate of drug-likeness (QED) is 0.842. The van der Waals surface area contributed by atoms with Gasteiger partial charge in [0.15, 0.2) is 11.5 Å². The van der Waals surface area contributed by atoms with Gasteiger partial charge in [0.1, 0.15) is 5.82 Å². The first-order valence-corrected chi connectivity index (χ1v) is 8.39. The van der Waals surface area contributed by atoms with Gasteiger partial charge in [0, 0.05) is 23.4 Å². The lowest BCUT2D eigenvalue weighted by Gasteiger charge is -2.18. The van der Waals surface area contributed by atoms with Crippen molar-refractivity contribution < 1.29 is 9.47 Å². The summed E-state index contributed by atoms with van der Waals surface area (Å²) in [6, 6.07) is 6.36. The van der Waals surface area contributed by atoms with E-state index in [1.807, 2.05) is 36.2 Å². The Labute approximate surface area is 130 Å². The van der Waals surface area contributed by atoms with Crippen molar-refractivity contribution in [1.29, 1.82) is 0 Å². The molecule has 0 bridgehead atoms. The van der Waals surface area contributed by atoms with Gasteiger partial charge in [-0.2, -0.15) is 11.8 Å². The van der Waals surface area contributed by atoms with Crippen molar-refractivity contribution in [3.8, 4) is 11.5 Å². The summed E-state index contributed by atoms with van der Waals surface area (Å²) < 4.78 is 10.7. The molecule has 0 aliphatic heterocycles. The van der Waals surface area contributed by atoms with Gasteiger partial charge in [0.2, 0.25) is 0 Å². The Kier molecular flexibility index (Phi) is 5.56. The van der Waals surface area contributed by atoms with Crippen LogP contribution in [0.5, 0.6) is 11.5 Å². The fourth-order valence-corrected chi connectivity index (χ4v) is 2.99. The van der Waals surface area contributed by atoms with E-state index in [4.69, 9.17) is 9.47 Å². The van der Waals surface area contributed by atoms with Gasteiger partial charge in [-0.15, -0.1) is 0 Å². The summed E-state index contributed by atoms with van der Waals surface area (Å²) in [4.78, 5) is 4.49. The monoisotopic (exact) mass is 306 g/mol.